The highest BCUT2D eigenvalue weighted by molar-refractivity contribution is 5.46. The minimum Gasteiger partial charge on any atom is -0.237 e. The Balaban J connectivity index is 2.63. The highest BCUT2D eigenvalue weighted by Gasteiger charge is 2.15. The van der Waals surface area contributed by atoms with E-state index in [1.54, 1.807) is 0 Å². The number of rotatable bonds is 33. The molecule has 0 radical (unpaired) electrons. The molecule has 0 spiro atoms. The van der Waals surface area contributed by atoms with Gasteiger partial charge in [0.05, 0.1) is 6.54 Å². The molecule has 0 saturated carbocycles. The van der Waals surface area contributed by atoms with Gasteiger partial charge in [-0.3, -0.25) is 0 Å². The number of nitrogens with zero attached hydrogens (tertiary/aromatic N) is 2. The number of aryl methyl sites for hydroxylation is 1. The quantitative estimate of drug-likeness (QED) is 0.0381. The van der Waals surface area contributed by atoms with Crippen LogP contribution in [-0.2, 0) is 6.54 Å². The van der Waals surface area contributed by atoms with Gasteiger partial charge >= 0.3 is 0 Å². The van der Waals surface area contributed by atoms with E-state index in [1.165, 1.54) is 186 Å². The van der Waals surface area contributed by atoms with Gasteiger partial charge in [-0.15, -0.1) is 6.42 Å². The largest absolute Gasteiger partial charge is 0.244 e. The summed E-state index contributed by atoms with van der Waals surface area (Å²) in [5, 5.41) is 0. The van der Waals surface area contributed by atoms with E-state index in [-0.39, 0.29) is 6.04 Å². The molecule has 1 unspecified atom stereocenters. The zero-order chi connectivity index (χ0) is 42.4. The van der Waals surface area contributed by atoms with Crippen LogP contribution in [0.4, 0.5) is 0 Å². The molecule has 0 bridgehead atoms. The average molecular weight is 790 g/mol. The molecule has 314 valence electrons. The Kier molecular flexibility index (Phi) is 38.0. The second kappa shape index (κ2) is 42.8. The van der Waals surface area contributed by atoms with Gasteiger partial charge < -0.3 is 0 Å². The van der Waals surface area contributed by atoms with E-state index < -0.39 is 0 Å². The Morgan fingerprint density at radius 3 is 1.08 bits per heavy atom. The van der Waals surface area contributed by atoms with Crippen LogP contribution in [0.15, 0.2) is 18.7 Å². The molecule has 2 nitrogen and oxygen atoms in total. The van der Waals surface area contributed by atoms with Gasteiger partial charge in [-0.05, 0) is 126 Å². The number of hydrogen-bond donors (Lipinski definition) is 0. The summed E-state index contributed by atoms with van der Waals surface area (Å²) in [6.07, 6.45) is 53.2. The fourth-order valence-corrected chi connectivity index (χ4v) is 7.39. The van der Waals surface area contributed by atoms with Crippen LogP contribution in [0.3, 0.4) is 0 Å². The van der Waals surface area contributed by atoms with Crippen LogP contribution in [0.1, 0.15) is 219 Å². The van der Waals surface area contributed by atoms with Crippen molar-refractivity contribution >= 4 is 0 Å². The molecule has 0 amide bonds. The fourth-order valence-electron chi connectivity index (χ4n) is 7.39. The summed E-state index contributed by atoms with van der Waals surface area (Å²) in [6.45, 7) is 7.71. The SMILES string of the molecule is C#CC#CC#CC#CC#CC#CC#CC#CC#CC(CCCCC(CCCCCCCCCCCCCC)CCCCCCCCCCCCCC)n1cc[n+](CC)c1. The first-order valence-corrected chi connectivity index (χ1v) is 23.8. The molecule has 0 fully saturated rings. The maximum absolute atomic E-state index is 5.02. The first kappa shape index (κ1) is 52.3. The second-order valence-electron chi connectivity index (χ2n) is 15.9. The van der Waals surface area contributed by atoms with E-state index in [0.29, 0.717) is 0 Å². The molecule has 0 N–H and O–H groups in total. The minimum atomic E-state index is 0.0985. The third-order valence-electron chi connectivity index (χ3n) is 10.9. The Morgan fingerprint density at radius 2 is 0.729 bits per heavy atom. The summed E-state index contributed by atoms with van der Waals surface area (Å²) in [6, 6.07) is 0.0985. The lowest BCUT2D eigenvalue weighted by Gasteiger charge is -2.17. The maximum atomic E-state index is 5.02. The molecule has 0 aliphatic carbocycles. The van der Waals surface area contributed by atoms with Crippen molar-refractivity contribution in [2.24, 2.45) is 5.92 Å². The number of aromatic nitrogens is 2. The maximum Gasteiger partial charge on any atom is 0.244 e. The zero-order valence-electron chi connectivity index (χ0n) is 37.8. The standard InChI is InChI=1S/C57H77N2/c1-5-9-12-15-18-21-24-27-28-29-30-33-36-39-42-45-51-57(59-54-53-58(8-4)55-59)52-47-46-50-56(48-43-40-37-34-31-25-22-19-16-13-10-6-2)49-44-41-38-35-32-26-23-20-17-14-11-7-3/h1,53-57H,6-8,10-11,13-14,16-17,19-20,22-23,25-26,31-32,34-35,37-38,40-41,43-44,46-50,52H2,2-4H3/q+1. The van der Waals surface area contributed by atoms with Gasteiger partial charge in [-0.25, -0.2) is 9.13 Å². The monoisotopic (exact) mass is 790 g/mol. The Labute approximate surface area is 365 Å². The second-order valence-corrected chi connectivity index (χ2v) is 15.9. The molecule has 59 heavy (non-hydrogen) atoms. The minimum absolute atomic E-state index is 0.0985. The molecule has 0 aromatic carbocycles. The third-order valence-corrected chi connectivity index (χ3v) is 10.9. The van der Waals surface area contributed by atoms with Gasteiger partial charge in [0, 0.05) is 0 Å². The highest BCUT2D eigenvalue weighted by atomic mass is 15.1. The van der Waals surface area contributed by atoms with E-state index in [1.807, 2.05) is 0 Å². The molecule has 1 rings (SSSR count). The Morgan fingerprint density at radius 1 is 0.407 bits per heavy atom. The molecule has 0 aliphatic heterocycles. The molecular weight excluding hydrogens is 713 g/mol. The number of terminal acetylenes is 1. The number of unbranched alkanes of at least 4 members (excludes halogenated alkanes) is 23. The molecule has 1 aromatic rings. The van der Waals surface area contributed by atoms with Gasteiger partial charge in [0.25, 0.3) is 0 Å². The highest BCUT2D eigenvalue weighted by Crippen LogP contribution is 2.26. The van der Waals surface area contributed by atoms with Gasteiger partial charge in [-0.1, -0.05) is 194 Å². The summed E-state index contributed by atoms with van der Waals surface area (Å²) >= 11 is 0. The van der Waals surface area contributed by atoms with Gasteiger partial charge in [0.1, 0.15) is 12.4 Å². The van der Waals surface area contributed by atoms with Crippen LogP contribution in [0, 0.1) is 113 Å². The number of hydrogen-bond acceptors (Lipinski definition) is 0. The average Bonchev–Trinajstić information content (AvgIpc) is 3.74. The van der Waals surface area contributed by atoms with Crippen molar-refractivity contribution in [3.05, 3.63) is 18.7 Å². The van der Waals surface area contributed by atoms with E-state index in [4.69, 9.17) is 6.42 Å². The van der Waals surface area contributed by atoms with Gasteiger partial charge in [-0.2, -0.15) is 0 Å². The lowest BCUT2D eigenvalue weighted by Crippen LogP contribution is -2.29. The van der Waals surface area contributed by atoms with E-state index in [2.05, 4.69) is 149 Å². The first-order valence-electron chi connectivity index (χ1n) is 23.8. The molecule has 0 aliphatic rings. The van der Waals surface area contributed by atoms with Crippen molar-refractivity contribution in [3.63, 3.8) is 0 Å². The first-order chi connectivity index (χ1) is 29.2. The van der Waals surface area contributed by atoms with E-state index in [9.17, 15) is 0 Å². The van der Waals surface area contributed by atoms with Crippen molar-refractivity contribution in [2.45, 2.75) is 226 Å². The Bertz CT molecular complexity index is 1740. The summed E-state index contributed by atoms with van der Waals surface area (Å²) < 4.78 is 4.44. The summed E-state index contributed by atoms with van der Waals surface area (Å²) in [5.41, 5.74) is 0. The molecule has 1 heterocycles. The van der Waals surface area contributed by atoms with Crippen molar-refractivity contribution in [1.29, 1.82) is 0 Å². The Hall–Kier alpha value is -4.75. The van der Waals surface area contributed by atoms with E-state index in [0.717, 1.165) is 18.9 Å². The number of imidazole rings is 1. The predicted octanol–water partition coefficient (Wildman–Crippen LogP) is 13.4. The van der Waals surface area contributed by atoms with Crippen LogP contribution in [0.2, 0.25) is 0 Å². The van der Waals surface area contributed by atoms with Crippen LogP contribution in [-0.4, -0.2) is 4.57 Å². The molecule has 0 saturated heterocycles. The summed E-state index contributed by atoms with van der Waals surface area (Å²) in [5.74, 6) is 46.2. The predicted molar refractivity (Wildman–Crippen MR) is 254 cm³/mol. The summed E-state index contributed by atoms with van der Waals surface area (Å²) in [7, 11) is 0. The normalized spacial score (nSPS) is 10.0. The topological polar surface area (TPSA) is 8.81 Å². The lowest BCUT2D eigenvalue weighted by molar-refractivity contribution is -0.693. The van der Waals surface area contributed by atoms with Crippen LogP contribution < -0.4 is 4.57 Å². The summed E-state index contributed by atoms with van der Waals surface area (Å²) in [4.78, 5) is 0. The van der Waals surface area contributed by atoms with Gasteiger partial charge in [0.15, 0.2) is 6.04 Å². The molecule has 2 heteroatoms. The van der Waals surface area contributed by atoms with Crippen LogP contribution in [0.25, 0.3) is 0 Å². The van der Waals surface area contributed by atoms with Crippen molar-refractivity contribution < 1.29 is 4.57 Å². The van der Waals surface area contributed by atoms with E-state index >= 15 is 0 Å². The van der Waals surface area contributed by atoms with Crippen LogP contribution >= 0.6 is 0 Å². The smallest absolute Gasteiger partial charge is 0.237 e. The fraction of sp³-hybridized carbons (Fsp3) is 0.632. The van der Waals surface area contributed by atoms with Crippen molar-refractivity contribution in [1.82, 2.24) is 4.57 Å². The molecular formula is C57H77N2+. The molecule has 1 atom stereocenters. The third kappa shape index (κ3) is 35.0. The van der Waals surface area contributed by atoms with Crippen molar-refractivity contribution in [2.75, 3.05) is 0 Å². The molecule has 1 aromatic heterocycles. The van der Waals surface area contributed by atoms with Gasteiger partial charge in [0.2, 0.25) is 6.33 Å². The van der Waals surface area contributed by atoms with Crippen LogP contribution in [0.5, 0.6) is 0 Å². The van der Waals surface area contributed by atoms with Crippen molar-refractivity contribution in [3.8, 4) is 107 Å². The lowest BCUT2D eigenvalue weighted by atomic mass is 9.89. The zero-order valence-corrected chi connectivity index (χ0v) is 37.8.